The van der Waals surface area contributed by atoms with Crippen molar-refractivity contribution in [1.29, 1.82) is 0 Å². The number of rotatable bonds is 0. The molecule has 0 aromatic heterocycles. The summed E-state index contributed by atoms with van der Waals surface area (Å²) in [4.78, 5) is 0. The van der Waals surface area contributed by atoms with Crippen LogP contribution in [0.15, 0.2) is 0 Å². The summed E-state index contributed by atoms with van der Waals surface area (Å²) < 4.78 is 0. The van der Waals surface area contributed by atoms with E-state index in [1.165, 1.54) is 0 Å². The number of hydrogen-bond donors (Lipinski definition) is 0. The molecule has 0 spiro atoms. The van der Waals surface area contributed by atoms with Gasteiger partial charge in [-0.15, -0.1) is 0 Å². The second-order valence-corrected chi connectivity index (χ2v) is 0. The monoisotopic (exact) mass is 500 g/mol. The van der Waals surface area contributed by atoms with Crippen molar-refractivity contribution in [3.63, 3.8) is 0 Å². The summed E-state index contributed by atoms with van der Waals surface area (Å²) in [7, 11) is 0. The van der Waals surface area contributed by atoms with Crippen molar-refractivity contribution in [3.8, 4) is 0 Å². The van der Waals surface area contributed by atoms with Gasteiger partial charge < -0.3 is 0 Å². The van der Waals surface area contributed by atoms with Gasteiger partial charge in [-0.2, -0.15) is 0 Å². The van der Waals surface area contributed by atoms with Gasteiger partial charge in [0.15, 0.2) is 0 Å². The molecule has 0 saturated carbocycles. The van der Waals surface area contributed by atoms with E-state index in [2.05, 4.69) is 0 Å². The van der Waals surface area contributed by atoms with Crippen LogP contribution in [-0.4, -0.2) is 8.41 Å². The molecule has 0 heterocycles. The standard InChI is InChI=1S/21CH4.B.3V/h21*1H4;;;;. The van der Waals surface area contributed by atoms with Crippen LogP contribution in [0.4, 0.5) is 0 Å². The molecule has 0 N–H and O–H groups in total. The van der Waals surface area contributed by atoms with Gasteiger partial charge in [-0.3, -0.25) is 0 Å². The van der Waals surface area contributed by atoms with E-state index in [4.69, 9.17) is 0 Å². The van der Waals surface area contributed by atoms with E-state index in [1.807, 2.05) is 0 Å². The predicted octanol–water partition coefficient (Wildman–Crippen LogP) is 13.0. The maximum atomic E-state index is 0. The molecule has 6 radical (unpaired) electrons. The maximum absolute atomic E-state index is 0. The topological polar surface area (TPSA) is 0 Å². The maximum Gasteiger partial charge on any atom is 0 e. The van der Waals surface area contributed by atoms with Gasteiger partial charge >= 0.3 is 0 Å². The third-order valence-corrected chi connectivity index (χ3v) is 0. The molecule has 0 atom stereocenters. The van der Waals surface area contributed by atoms with E-state index in [-0.39, 0.29) is 220 Å². The minimum absolute atomic E-state index is 0. The Morgan fingerprint density at radius 1 is 0.120 bits per heavy atom. The van der Waals surface area contributed by atoms with Crippen molar-refractivity contribution in [3.05, 3.63) is 0 Å². The normalized spacial score (nSPS) is 0. The molecular formula is C21H84BV3. The van der Waals surface area contributed by atoms with Gasteiger partial charge in [0, 0.05) is 64.1 Å². The van der Waals surface area contributed by atoms with Crippen molar-refractivity contribution < 1.29 is 55.7 Å². The third kappa shape index (κ3) is 4430. The van der Waals surface area contributed by atoms with Crippen LogP contribution in [0.2, 0.25) is 0 Å². The van der Waals surface area contributed by atoms with Crippen molar-refractivity contribution in [2.75, 3.05) is 0 Å². The van der Waals surface area contributed by atoms with Gasteiger partial charge in [-0.25, -0.2) is 0 Å². The summed E-state index contributed by atoms with van der Waals surface area (Å²) in [5.74, 6) is 0. The fourth-order valence-electron chi connectivity index (χ4n) is 0. The van der Waals surface area contributed by atoms with Gasteiger partial charge in [0.1, 0.15) is 0 Å². The molecule has 4 heteroatoms. The van der Waals surface area contributed by atoms with E-state index in [9.17, 15) is 0 Å². The van der Waals surface area contributed by atoms with E-state index in [1.54, 1.807) is 0 Å². The van der Waals surface area contributed by atoms with Crippen LogP contribution in [0, 0.1) is 0 Å². The van der Waals surface area contributed by atoms with Gasteiger partial charge in [-0.05, 0) is 0 Å². The minimum Gasteiger partial charge on any atom is -0.0776 e. The average Bonchev–Trinajstić information content (AvgIpc) is 0. The van der Waals surface area contributed by atoms with E-state index < -0.39 is 0 Å². The largest absolute Gasteiger partial charge is 0.0776 e. The Hall–Kier alpha value is 1.82. The van der Waals surface area contributed by atoms with Gasteiger partial charge in [0.25, 0.3) is 0 Å². The molecule has 0 aliphatic heterocycles. The molecular weight excluding hydrogens is 416 g/mol. The zero-order chi connectivity index (χ0) is 0. The Bertz CT molecular complexity index is 19.1. The molecule has 0 rings (SSSR count). The first-order chi connectivity index (χ1) is 0. The van der Waals surface area contributed by atoms with E-state index in [0.29, 0.717) is 0 Å². The molecule has 0 aromatic carbocycles. The second kappa shape index (κ2) is 4810. The molecule has 0 saturated heterocycles. The summed E-state index contributed by atoms with van der Waals surface area (Å²) in [6.07, 6.45) is 0. The fraction of sp³-hybridized carbons (Fsp3) is 1.00. The van der Waals surface area contributed by atoms with Crippen LogP contribution >= 0.6 is 0 Å². The average molecular weight is 501 g/mol. The second-order valence-electron chi connectivity index (χ2n) is 0. The first-order valence-corrected chi connectivity index (χ1v) is 0. The van der Waals surface area contributed by atoms with Crippen molar-refractivity contribution >= 4 is 8.41 Å². The molecule has 0 unspecified atom stereocenters. The van der Waals surface area contributed by atoms with Crippen LogP contribution in [0.25, 0.3) is 0 Å². The summed E-state index contributed by atoms with van der Waals surface area (Å²) in [6, 6.07) is 0. The van der Waals surface area contributed by atoms with Gasteiger partial charge in [0.05, 0.1) is 0 Å². The first kappa shape index (κ1) is 5410. The van der Waals surface area contributed by atoms with Gasteiger partial charge in [0.2, 0.25) is 0 Å². The molecule has 0 bridgehead atoms. The third-order valence-electron chi connectivity index (χ3n) is 0. The van der Waals surface area contributed by atoms with Crippen LogP contribution in [0.5, 0.6) is 0 Å². The Morgan fingerprint density at radius 2 is 0.120 bits per heavy atom. The molecule has 0 aromatic rings. The molecule has 0 nitrogen and oxygen atoms in total. The van der Waals surface area contributed by atoms with Crippen molar-refractivity contribution in [2.24, 2.45) is 0 Å². The molecule has 186 valence electrons. The molecule has 0 amide bonds. The summed E-state index contributed by atoms with van der Waals surface area (Å²) in [5, 5.41) is 0. The van der Waals surface area contributed by atoms with Crippen LogP contribution in [-0.2, 0) is 55.7 Å². The van der Waals surface area contributed by atoms with E-state index in [0.717, 1.165) is 0 Å². The molecule has 0 fully saturated rings. The summed E-state index contributed by atoms with van der Waals surface area (Å²) in [5.41, 5.74) is 0. The molecule has 0 aliphatic rings. The fourth-order valence-corrected chi connectivity index (χ4v) is 0. The van der Waals surface area contributed by atoms with E-state index >= 15 is 0 Å². The van der Waals surface area contributed by atoms with Crippen LogP contribution in [0.1, 0.15) is 156 Å². The van der Waals surface area contributed by atoms with Gasteiger partial charge in [-0.1, -0.05) is 156 Å². The van der Waals surface area contributed by atoms with Crippen LogP contribution < -0.4 is 0 Å². The molecule has 0 aliphatic carbocycles. The van der Waals surface area contributed by atoms with Crippen molar-refractivity contribution in [2.45, 2.75) is 156 Å². The predicted molar refractivity (Wildman–Crippen MR) is 147 cm³/mol. The number of hydrogen-bond acceptors (Lipinski definition) is 0. The minimum atomic E-state index is 0. The smallest absolute Gasteiger partial charge is 0 e. The first-order valence-electron chi connectivity index (χ1n) is 0. The van der Waals surface area contributed by atoms with Crippen LogP contribution in [0.3, 0.4) is 0 Å². The zero-order valence-corrected chi connectivity index (χ0v) is 6.11. The SMILES string of the molecule is C.C.C.C.C.C.C.C.C.C.C.C.C.C.C.C.C.C.C.C.C.[B].[V].[V].[V]. The Morgan fingerprint density at radius 3 is 0.120 bits per heavy atom. The zero-order valence-electron chi connectivity index (χ0n) is 1.92. The van der Waals surface area contributed by atoms with Crippen molar-refractivity contribution in [1.82, 2.24) is 0 Å². The summed E-state index contributed by atoms with van der Waals surface area (Å²) in [6.45, 7) is 0. The summed E-state index contributed by atoms with van der Waals surface area (Å²) >= 11 is 0. The Labute approximate surface area is 219 Å². The quantitative estimate of drug-likeness (QED) is 0.290. The molecule has 25 heavy (non-hydrogen) atoms. The Kier molecular flexibility index (Phi) is 1040000. The Balaban J connectivity index is 0.